The van der Waals surface area contributed by atoms with Crippen LogP contribution in [0.5, 0.6) is 11.5 Å². The summed E-state index contributed by atoms with van der Waals surface area (Å²) in [4.78, 5) is 17.9. The van der Waals surface area contributed by atoms with Gasteiger partial charge in [0.15, 0.2) is 11.5 Å². The van der Waals surface area contributed by atoms with Gasteiger partial charge in [-0.25, -0.2) is 0 Å². The predicted octanol–water partition coefficient (Wildman–Crippen LogP) is 2.99. The molecule has 3 aromatic rings. The molecule has 3 heterocycles. The molecule has 6 heteroatoms. The van der Waals surface area contributed by atoms with Crippen molar-refractivity contribution in [3.8, 4) is 11.5 Å². The summed E-state index contributed by atoms with van der Waals surface area (Å²) < 4.78 is 12.5. The van der Waals surface area contributed by atoms with E-state index in [9.17, 15) is 4.79 Å². The molecule has 0 saturated carbocycles. The van der Waals surface area contributed by atoms with Crippen LogP contribution in [-0.4, -0.2) is 50.2 Å². The van der Waals surface area contributed by atoms with Crippen LogP contribution < -0.4 is 14.4 Å². The Balaban J connectivity index is 1.38. The van der Waals surface area contributed by atoms with E-state index in [-0.39, 0.29) is 5.91 Å². The van der Waals surface area contributed by atoms with Crippen molar-refractivity contribution in [2.45, 2.75) is 19.4 Å². The normalized spacial score (nSPS) is 16.1. The molecule has 2 aliphatic rings. The second kappa shape index (κ2) is 8.66. The van der Waals surface area contributed by atoms with Crippen LogP contribution in [0.2, 0.25) is 0 Å². The maximum Gasteiger partial charge on any atom is 0.264 e. The third kappa shape index (κ3) is 4.16. The second-order valence-corrected chi connectivity index (χ2v) is 9.14. The number of hydrogen-bond donors (Lipinski definition) is 1. The minimum atomic E-state index is 0.115. The summed E-state index contributed by atoms with van der Waals surface area (Å²) in [7, 11) is 0. The first-order valence-electron chi connectivity index (χ1n) is 10.8. The lowest BCUT2D eigenvalue weighted by Gasteiger charge is -2.25. The van der Waals surface area contributed by atoms with Crippen LogP contribution >= 0.6 is 11.3 Å². The number of fused-ring (bicyclic) bond motifs is 2. The first-order valence-corrected chi connectivity index (χ1v) is 11.6. The zero-order valence-electron chi connectivity index (χ0n) is 17.1. The zero-order valence-corrected chi connectivity index (χ0v) is 17.9. The highest BCUT2D eigenvalue weighted by molar-refractivity contribution is 7.20. The van der Waals surface area contributed by atoms with Gasteiger partial charge in [-0.1, -0.05) is 24.3 Å². The first kappa shape index (κ1) is 19.4. The van der Waals surface area contributed by atoms with Crippen LogP contribution in [-0.2, 0) is 6.54 Å². The van der Waals surface area contributed by atoms with Crippen LogP contribution in [0.15, 0.2) is 48.5 Å². The predicted molar refractivity (Wildman–Crippen MR) is 119 cm³/mol. The molecule has 2 aliphatic heterocycles. The van der Waals surface area contributed by atoms with Crippen molar-refractivity contribution in [1.29, 1.82) is 0 Å². The van der Waals surface area contributed by atoms with Crippen molar-refractivity contribution < 1.29 is 19.2 Å². The van der Waals surface area contributed by atoms with Gasteiger partial charge in [-0.05, 0) is 35.2 Å². The Morgan fingerprint density at radius 3 is 2.63 bits per heavy atom. The van der Waals surface area contributed by atoms with E-state index in [0.29, 0.717) is 19.8 Å². The molecule has 1 N–H and O–H groups in total. The smallest absolute Gasteiger partial charge is 0.264 e. The topological polar surface area (TPSA) is 43.2 Å². The van der Waals surface area contributed by atoms with E-state index in [1.165, 1.54) is 25.9 Å². The average molecular weight is 424 g/mol. The Morgan fingerprint density at radius 1 is 1.00 bits per heavy atom. The van der Waals surface area contributed by atoms with Crippen LogP contribution in [0.1, 0.15) is 28.1 Å². The lowest BCUT2D eigenvalue weighted by atomic mass is 10.1. The van der Waals surface area contributed by atoms with Crippen molar-refractivity contribution in [1.82, 2.24) is 4.90 Å². The molecule has 0 aliphatic carbocycles. The molecule has 0 atom stereocenters. The highest BCUT2D eigenvalue weighted by Gasteiger charge is 2.23. The van der Waals surface area contributed by atoms with Gasteiger partial charge in [0, 0.05) is 24.1 Å². The standard InChI is InChI=1S/C24H26N2O3S/c27-24(23-16-19-5-1-2-6-22(19)30-23)26(12-11-25-9-3-4-10-25)17-18-7-8-20-21(15-18)29-14-13-28-20/h1-2,5-8,15-16H,3-4,9-14,17H2/p+1. The van der Waals surface area contributed by atoms with Gasteiger partial charge < -0.3 is 19.3 Å². The van der Waals surface area contributed by atoms with Gasteiger partial charge in [-0.15, -0.1) is 11.3 Å². The number of rotatable bonds is 6. The lowest BCUT2D eigenvalue weighted by molar-refractivity contribution is -0.886. The SMILES string of the molecule is O=C(c1cc2ccccc2s1)N(CC[NH+]1CCCC1)Cc1ccc2c(c1)OCCO2. The minimum absolute atomic E-state index is 0.115. The highest BCUT2D eigenvalue weighted by atomic mass is 32.1. The van der Waals surface area contributed by atoms with Gasteiger partial charge in [0.05, 0.1) is 31.1 Å². The summed E-state index contributed by atoms with van der Waals surface area (Å²) in [5, 5.41) is 1.13. The largest absolute Gasteiger partial charge is 0.486 e. The van der Waals surface area contributed by atoms with E-state index in [2.05, 4.69) is 12.1 Å². The third-order valence-electron chi connectivity index (χ3n) is 5.95. The Hall–Kier alpha value is -2.57. The van der Waals surface area contributed by atoms with Gasteiger partial charge >= 0.3 is 0 Å². The van der Waals surface area contributed by atoms with Crippen LogP contribution in [0.4, 0.5) is 0 Å². The van der Waals surface area contributed by atoms with E-state index < -0.39 is 0 Å². The van der Waals surface area contributed by atoms with E-state index in [1.54, 1.807) is 16.2 Å². The summed E-state index contributed by atoms with van der Waals surface area (Å²) in [6.07, 6.45) is 2.59. The molecule has 5 rings (SSSR count). The molecule has 2 aromatic carbocycles. The number of carbonyl (C=O) groups is 1. The number of carbonyl (C=O) groups excluding carboxylic acids is 1. The minimum Gasteiger partial charge on any atom is -0.486 e. The number of nitrogens with zero attached hydrogens (tertiary/aromatic N) is 1. The van der Waals surface area contributed by atoms with Crippen LogP contribution in [0, 0.1) is 0 Å². The van der Waals surface area contributed by atoms with Crippen LogP contribution in [0.3, 0.4) is 0 Å². The van der Waals surface area contributed by atoms with E-state index in [0.717, 1.165) is 45.1 Å². The van der Waals surface area contributed by atoms with E-state index in [1.807, 2.05) is 41.3 Å². The van der Waals surface area contributed by atoms with Gasteiger partial charge in [0.2, 0.25) is 0 Å². The number of ether oxygens (including phenoxy) is 2. The fourth-order valence-corrected chi connectivity index (χ4v) is 5.35. The Bertz CT molecular complexity index is 1010. The quantitative estimate of drug-likeness (QED) is 0.663. The summed E-state index contributed by atoms with van der Waals surface area (Å²) >= 11 is 1.58. The average Bonchev–Trinajstić information content (AvgIpc) is 3.45. The molecule has 1 amide bonds. The number of benzene rings is 2. The maximum absolute atomic E-state index is 13.5. The van der Waals surface area contributed by atoms with Gasteiger partial charge in [0.1, 0.15) is 13.2 Å². The maximum atomic E-state index is 13.5. The zero-order chi connectivity index (χ0) is 20.3. The number of nitrogens with one attached hydrogen (secondary N) is 1. The third-order valence-corrected chi connectivity index (χ3v) is 7.05. The van der Waals surface area contributed by atoms with E-state index in [4.69, 9.17) is 9.47 Å². The Labute approximate surface area is 180 Å². The Morgan fingerprint density at radius 2 is 1.80 bits per heavy atom. The molecule has 0 radical (unpaired) electrons. The Kier molecular flexibility index (Phi) is 5.60. The summed E-state index contributed by atoms with van der Waals surface area (Å²) in [5.74, 6) is 1.68. The summed E-state index contributed by atoms with van der Waals surface area (Å²) in [6.45, 7) is 5.93. The van der Waals surface area contributed by atoms with Crippen molar-refractivity contribution in [2.75, 3.05) is 39.4 Å². The monoisotopic (exact) mass is 423 g/mol. The molecular formula is C24H27N2O3S+. The highest BCUT2D eigenvalue weighted by Crippen LogP contribution is 2.32. The van der Waals surface area contributed by atoms with Gasteiger partial charge in [0.25, 0.3) is 5.91 Å². The number of hydrogen-bond acceptors (Lipinski definition) is 4. The van der Waals surface area contributed by atoms with Crippen molar-refractivity contribution in [3.05, 3.63) is 59.0 Å². The van der Waals surface area contributed by atoms with Crippen molar-refractivity contribution in [3.63, 3.8) is 0 Å². The molecule has 0 bridgehead atoms. The molecular weight excluding hydrogens is 396 g/mol. The van der Waals surface area contributed by atoms with E-state index >= 15 is 0 Å². The fourth-order valence-electron chi connectivity index (χ4n) is 4.32. The fraction of sp³-hybridized carbons (Fsp3) is 0.375. The number of quaternary nitrogens is 1. The molecule has 1 fully saturated rings. The van der Waals surface area contributed by atoms with Crippen molar-refractivity contribution in [2.24, 2.45) is 0 Å². The molecule has 0 spiro atoms. The van der Waals surface area contributed by atoms with Crippen molar-refractivity contribution >= 4 is 27.3 Å². The second-order valence-electron chi connectivity index (χ2n) is 8.06. The molecule has 1 saturated heterocycles. The molecule has 0 unspecified atom stereocenters. The summed E-state index contributed by atoms with van der Waals surface area (Å²) in [6, 6.07) is 16.2. The number of thiophene rings is 1. The molecule has 1 aromatic heterocycles. The number of likely N-dealkylation sites (tertiary alicyclic amines) is 1. The first-order chi connectivity index (χ1) is 14.8. The lowest BCUT2D eigenvalue weighted by Crippen LogP contribution is -3.10. The summed E-state index contributed by atoms with van der Waals surface area (Å²) in [5.41, 5.74) is 1.07. The van der Waals surface area contributed by atoms with Gasteiger partial charge in [-0.2, -0.15) is 0 Å². The van der Waals surface area contributed by atoms with Gasteiger partial charge in [-0.3, -0.25) is 4.79 Å². The molecule has 5 nitrogen and oxygen atoms in total. The van der Waals surface area contributed by atoms with Crippen LogP contribution in [0.25, 0.3) is 10.1 Å². The molecule has 156 valence electrons. The number of amides is 1. The molecule has 30 heavy (non-hydrogen) atoms.